The molecule has 5 nitrogen and oxygen atoms in total. The van der Waals surface area contributed by atoms with E-state index in [-0.39, 0.29) is 24.3 Å². The Labute approximate surface area is 88.0 Å². The Morgan fingerprint density at radius 3 is 2.40 bits per heavy atom. The van der Waals surface area contributed by atoms with Gasteiger partial charge in [-0.1, -0.05) is 6.92 Å². The summed E-state index contributed by atoms with van der Waals surface area (Å²) in [4.78, 5) is 24.7. The van der Waals surface area contributed by atoms with Crippen LogP contribution in [0.2, 0.25) is 0 Å². The van der Waals surface area contributed by atoms with E-state index < -0.39 is 12.2 Å². The molecule has 2 amide bonds. The maximum atomic E-state index is 11.7. The van der Waals surface area contributed by atoms with Crippen LogP contribution in [0.5, 0.6) is 0 Å². The second-order valence-corrected chi connectivity index (χ2v) is 4.27. The van der Waals surface area contributed by atoms with Crippen LogP contribution in [0.3, 0.4) is 0 Å². The first-order chi connectivity index (χ1) is 7.13. The van der Waals surface area contributed by atoms with Crippen LogP contribution in [0.15, 0.2) is 0 Å². The smallest absolute Gasteiger partial charge is 0.258 e. The highest BCUT2D eigenvalue weighted by Gasteiger charge is 2.46. The Morgan fingerprint density at radius 1 is 1.40 bits per heavy atom. The zero-order valence-electron chi connectivity index (χ0n) is 8.68. The summed E-state index contributed by atoms with van der Waals surface area (Å²) in [6, 6.07) is 0. The van der Waals surface area contributed by atoms with E-state index in [1.54, 1.807) is 6.92 Å². The zero-order valence-corrected chi connectivity index (χ0v) is 8.68. The van der Waals surface area contributed by atoms with E-state index in [0.717, 1.165) is 0 Å². The van der Waals surface area contributed by atoms with E-state index >= 15 is 0 Å². The molecule has 2 aliphatic heterocycles. The maximum absolute atomic E-state index is 11.7. The number of imide groups is 1. The zero-order chi connectivity index (χ0) is 11.0. The number of nitrogens with zero attached hydrogens (tertiary/aromatic N) is 1. The number of amides is 2. The Morgan fingerprint density at radius 2 is 1.93 bits per heavy atom. The van der Waals surface area contributed by atoms with E-state index in [0.29, 0.717) is 19.4 Å². The molecular weight excluding hydrogens is 198 g/mol. The van der Waals surface area contributed by atoms with Crippen LogP contribution < -0.4 is 0 Å². The largest absolute Gasteiger partial charge is 0.396 e. The second kappa shape index (κ2) is 3.90. The monoisotopic (exact) mass is 213 g/mol. The molecule has 0 aromatic carbocycles. The number of ether oxygens (including phenoxy) is 1. The Hall–Kier alpha value is -0.940. The van der Waals surface area contributed by atoms with Crippen molar-refractivity contribution in [3.8, 4) is 0 Å². The molecular formula is C10H15NO4. The molecule has 1 N–H and O–H groups in total. The summed E-state index contributed by atoms with van der Waals surface area (Å²) in [7, 11) is 0. The fraction of sp³-hybridized carbons (Fsp3) is 0.800. The van der Waals surface area contributed by atoms with Gasteiger partial charge in [-0.3, -0.25) is 14.5 Å². The summed E-state index contributed by atoms with van der Waals surface area (Å²) in [5, 5.41) is 8.90. The molecule has 0 saturated carbocycles. The molecule has 2 fully saturated rings. The number of aliphatic hydroxyl groups is 1. The van der Waals surface area contributed by atoms with Crippen LogP contribution in [-0.4, -0.2) is 47.2 Å². The number of likely N-dealkylation sites (tertiary alicyclic amines) is 1. The first kappa shape index (κ1) is 10.6. The number of hydrogen-bond donors (Lipinski definition) is 1. The van der Waals surface area contributed by atoms with Crippen LogP contribution in [-0.2, 0) is 14.3 Å². The van der Waals surface area contributed by atoms with E-state index in [9.17, 15) is 9.59 Å². The van der Waals surface area contributed by atoms with Gasteiger partial charge in [-0.25, -0.2) is 0 Å². The molecule has 2 aliphatic rings. The lowest BCUT2D eigenvalue weighted by Crippen LogP contribution is -2.53. The Bertz CT molecular complexity index is 269. The van der Waals surface area contributed by atoms with E-state index in [1.807, 2.05) is 0 Å². The summed E-state index contributed by atoms with van der Waals surface area (Å²) >= 11 is 0. The number of carbonyl (C=O) groups is 2. The minimum absolute atomic E-state index is 0.0206. The van der Waals surface area contributed by atoms with Crippen molar-refractivity contribution in [2.24, 2.45) is 5.92 Å². The van der Waals surface area contributed by atoms with Crippen molar-refractivity contribution in [2.75, 3.05) is 13.2 Å². The molecule has 0 aromatic heterocycles. The van der Waals surface area contributed by atoms with Crippen molar-refractivity contribution in [3.63, 3.8) is 0 Å². The quantitative estimate of drug-likeness (QED) is 0.644. The van der Waals surface area contributed by atoms with Gasteiger partial charge < -0.3 is 9.84 Å². The average molecular weight is 213 g/mol. The number of carbonyl (C=O) groups excluding carboxylic acids is 2. The van der Waals surface area contributed by atoms with Gasteiger partial charge in [-0.05, 0) is 18.8 Å². The SMILES string of the molecule is CC(CO)CN1C(=O)C2CCC(O2)C1=O. The lowest BCUT2D eigenvalue weighted by molar-refractivity contribution is -0.169. The van der Waals surface area contributed by atoms with E-state index in [4.69, 9.17) is 9.84 Å². The van der Waals surface area contributed by atoms with Crippen LogP contribution in [0, 0.1) is 5.92 Å². The van der Waals surface area contributed by atoms with Crippen molar-refractivity contribution in [1.29, 1.82) is 0 Å². The second-order valence-electron chi connectivity index (χ2n) is 4.27. The number of fused-ring (bicyclic) bond motifs is 2. The highest BCUT2D eigenvalue weighted by Crippen LogP contribution is 2.28. The first-order valence-corrected chi connectivity index (χ1v) is 5.25. The molecule has 0 aromatic rings. The molecule has 2 saturated heterocycles. The topological polar surface area (TPSA) is 66.8 Å². The van der Waals surface area contributed by atoms with Crippen LogP contribution in [0.1, 0.15) is 19.8 Å². The first-order valence-electron chi connectivity index (χ1n) is 5.25. The van der Waals surface area contributed by atoms with Crippen molar-refractivity contribution in [3.05, 3.63) is 0 Å². The lowest BCUT2D eigenvalue weighted by Gasteiger charge is -2.31. The molecule has 2 bridgehead atoms. The molecule has 0 spiro atoms. The van der Waals surface area contributed by atoms with E-state index in [2.05, 4.69) is 0 Å². The van der Waals surface area contributed by atoms with Crippen LogP contribution in [0.4, 0.5) is 0 Å². The third-order valence-corrected chi connectivity index (χ3v) is 2.91. The summed E-state index contributed by atoms with van der Waals surface area (Å²) in [5.74, 6) is -0.557. The summed E-state index contributed by atoms with van der Waals surface area (Å²) in [6.45, 7) is 2.08. The van der Waals surface area contributed by atoms with Gasteiger partial charge in [-0.2, -0.15) is 0 Å². The van der Waals surface area contributed by atoms with Gasteiger partial charge in [0.05, 0.1) is 0 Å². The number of hydrogen-bond acceptors (Lipinski definition) is 4. The Kier molecular flexibility index (Phi) is 2.75. The van der Waals surface area contributed by atoms with Gasteiger partial charge in [0, 0.05) is 13.2 Å². The fourth-order valence-electron chi connectivity index (χ4n) is 2.01. The number of aliphatic hydroxyl groups excluding tert-OH is 1. The minimum Gasteiger partial charge on any atom is -0.396 e. The standard InChI is InChI=1S/C10H15NO4/c1-6(5-12)4-11-9(13)7-2-3-8(15-7)10(11)14/h6-8,12H,2-5H2,1H3. The predicted octanol–water partition coefficient (Wildman–Crippen LogP) is -0.469. The molecule has 3 unspecified atom stereocenters. The highest BCUT2D eigenvalue weighted by molar-refractivity contribution is 6.02. The molecule has 2 heterocycles. The Balaban J connectivity index is 2.10. The van der Waals surface area contributed by atoms with Gasteiger partial charge in [0.1, 0.15) is 12.2 Å². The third-order valence-electron chi connectivity index (χ3n) is 2.91. The summed E-state index contributed by atoms with van der Waals surface area (Å²) in [5.41, 5.74) is 0. The molecule has 0 radical (unpaired) electrons. The van der Waals surface area contributed by atoms with Crippen molar-refractivity contribution < 1.29 is 19.4 Å². The predicted molar refractivity (Wildman–Crippen MR) is 50.9 cm³/mol. The van der Waals surface area contributed by atoms with Crippen molar-refractivity contribution in [1.82, 2.24) is 4.90 Å². The van der Waals surface area contributed by atoms with Gasteiger partial charge in [-0.15, -0.1) is 0 Å². The fourth-order valence-corrected chi connectivity index (χ4v) is 2.01. The third kappa shape index (κ3) is 1.77. The van der Waals surface area contributed by atoms with Crippen molar-refractivity contribution in [2.45, 2.75) is 32.0 Å². The summed E-state index contributed by atoms with van der Waals surface area (Å²) in [6.07, 6.45) is 0.413. The molecule has 15 heavy (non-hydrogen) atoms. The molecule has 0 aliphatic carbocycles. The summed E-state index contributed by atoms with van der Waals surface area (Å²) < 4.78 is 5.26. The van der Waals surface area contributed by atoms with Gasteiger partial charge in [0.2, 0.25) is 0 Å². The van der Waals surface area contributed by atoms with Gasteiger partial charge in [0.25, 0.3) is 11.8 Å². The lowest BCUT2D eigenvalue weighted by atomic mass is 10.1. The number of rotatable bonds is 3. The van der Waals surface area contributed by atoms with Gasteiger partial charge in [0.15, 0.2) is 0 Å². The van der Waals surface area contributed by atoms with Crippen LogP contribution in [0.25, 0.3) is 0 Å². The molecule has 3 atom stereocenters. The van der Waals surface area contributed by atoms with E-state index in [1.165, 1.54) is 4.90 Å². The molecule has 5 heteroatoms. The highest BCUT2D eigenvalue weighted by atomic mass is 16.5. The maximum Gasteiger partial charge on any atom is 0.258 e. The van der Waals surface area contributed by atoms with Crippen LogP contribution >= 0.6 is 0 Å². The number of morpholine rings is 1. The average Bonchev–Trinajstić information content (AvgIpc) is 2.68. The normalized spacial score (nSPS) is 32.3. The molecule has 84 valence electrons. The molecule has 2 rings (SSSR count). The minimum atomic E-state index is -0.432. The van der Waals surface area contributed by atoms with Gasteiger partial charge >= 0.3 is 0 Å². The van der Waals surface area contributed by atoms with Crippen molar-refractivity contribution >= 4 is 11.8 Å².